The number of hydrogen-bond donors (Lipinski definition) is 1. The topological polar surface area (TPSA) is 93.3 Å². The third-order valence-corrected chi connectivity index (χ3v) is 5.99. The molecule has 2 atom stereocenters. The molecular formula is C21H21N5O3. The second-order valence-electron chi connectivity index (χ2n) is 7.86. The van der Waals surface area contributed by atoms with Crippen molar-refractivity contribution >= 4 is 11.7 Å². The zero-order valence-electron chi connectivity index (χ0n) is 16.0. The van der Waals surface area contributed by atoms with Gasteiger partial charge in [0, 0.05) is 62.6 Å². The van der Waals surface area contributed by atoms with Crippen LogP contribution in [0.4, 0.5) is 5.69 Å². The van der Waals surface area contributed by atoms with Crippen molar-refractivity contribution in [2.75, 3.05) is 18.0 Å². The summed E-state index contributed by atoms with van der Waals surface area (Å²) in [5, 5.41) is 9.23. The minimum absolute atomic E-state index is 0.0111. The van der Waals surface area contributed by atoms with Gasteiger partial charge >= 0.3 is 5.97 Å². The fourth-order valence-corrected chi connectivity index (χ4v) is 4.69. The van der Waals surface area contributed by atoms with Gasteiger partial charge in [-0.15, -0.1) is 0 Å². The monoisotopic (exact) mass is 391 g/mol. The lowest BCUT2D eigenvalue weighted by Crippen LogP contribution is -2.47. The number of carbonyl (C=O) groups is 1. The van der Waals surface area contributed by atoms with Crippen LogP contribution < -0.4 is 10.5 Å². The third-order valence-electron chi connectivity index (χ3n) is 5.99. The molecule has 2 bridgehead atoms. The Morgan fingerprint density at radius 1 is 1.14 bits per heavy atom. The number of pyridine rings is 2. The zero-order chi connectivity index (χ0) is 20.1. The smallest absolute Gasteiger partial charge is 0.354 e. The van der Waals surface area contributed by atoms with Crippen LogP contribution in [0.2, 0.25) is 0 Å². The molecule has 0 aromatic carbocycles. The number of piperidine rings is 1. The molecule has 0 radical (unpaired) electrons. The lowest BCUT2D eigenvalue weighted by atomic mass is 9.82. The normalized spacial score (nSPS) is 20.4. The molecule has 3 aromatic heterocycles. The van der Waals surface area contributed by atoms with E-state index in [1.807, 2.05) is 40.6 Å². The zero-order valence-corrected chi connectivity index (χ0v) is 16.0. The van der Waals surface area contributed by atoms with E-state index in [-0.39, 0.29) is 17.2 Å². The summed E-state index contributed by atoms with van der Waals surface area (Å²) in [5.41, 5.74) is 2.60. The first-order valence-corrected chi connectivity index (χ1v) is 9.67. The van der Waals surface area contributed by atoms with Crippen LogP contribution in [0.5, 0.6) is 0 Å². The van der Waals surface area contributed by atoms with E-state index >= 15 is 0 Å². The van der Waals surface area contributed by atoms with Crippen LogP contribution in [0.25, 0.3) is 11.4 Å². The number of carboxylic acids is 1. The number of rotatable bonds is 3. The molecule has 0 aliphatic carbocycles. The van der Waals surface area contributed by atoms with Gasteiger partial charge in [-0.25, -0.2) is 14.8 Å². The SMILES string of the molecule is Cn1ccnc1-c1ccc2n(c1=O)C[C@H]1C[C@@H]2CN(c2ccnc(C(=O)O)c2)C1. The Bertz CT molecular complexity index is 1170. The summed E-state index contributed by atoms with van der Waals surface area (Å²) in [4.78, 5) is 34.9. The highest BCUT2D eigenvalue weighted by molar-refractivity contribution is 5.86. The largest absolute Gasteiger partial charge is 0.477 e. The lowest BCUT2D eigenvalue weighted by molar-refractivity contribution is 0.0690. The van der Waals surface area contributed by atoms with Gasteiger partial charge in [0.25, 0.3) is 5.56 Å². The summed E-state index contributed by atoms with van der Waals surface area (Å²) >= 11 is 0. The van der Waals surface area contributed by atoms with Crippen molar-refractivity contribution in [2.45, 2.75) is 18.9 Å². The fourth-order valence-electron chi connectivity index (χ4n) is 4.69. The molecular weight excluding hydrogens is 370 g/mol. The van der Waals surface area contributed by atoms with Crippen LogP contribution >= 0.6 is 0 Å². The van der Waals surface area contributed by atoms with Gasteiger partial charge in [0.1, 0.15) is 11.5 Å². The molecule has 2 aliphatic rings. The minimum Gasteiger partial charge on any atom is -0.477 e. The summed E-state index contributed by atoms with van der Waals surface area (Å²) in [7, 11) is 1.89. The second kappa shape index (κ2) is 6.58. The van der Waals surface area contributed by atoms with Crippen molar-refractivity contribution in [3.8, 4) is 11.4 Å². The molecule has 8 heteroatoms. The van der Waals surface area contributed by atoms with Gasteiger partial charge in [0.05, 0.1) is 5.56 Å². The van der Waals surface area contributed by atoms with E-state index in [9.17, 15) is 14.7 Å². The molecule has 2 aliphatic heterocycles. The molecule has 29 heavy (non-hydrogen) atoms. The number of fused-ring (bicyclic) bond motifs is 4. The highest BCUT2D eigenvalue weighted by atomic mass is 16.4. The van der Waals surface area contributed by atoms with E-state index in [2.05, 4.69) is 14.9 Å². The van der Waals surface area contributed by atoms with Crippen LogP contribution in [0.15, 0.2) is 47.7 Å². The highest BCUT2D eigenvalue weighted by Crippen LogP contribution is 2.37. The molecule has 0 spiro atoms. The fraction of sp³-hybridized carbons (Fsp3) is 0.333. The Labute approximate surface area is 167 Å². The summed E-state index contributed by atoms with van der Waals surface area (Å²) in [5.74, 6) is 0.215. The third kappa shape index (κ3) is 2.91. The molecule has 1 saturated heterocycles. The van der Waals surface area contributed by atoms with Gasteiger partial charge in [-0.2, -0.15) is 0 Å². The van der Waals surface area contributed by atoms with Gasteiger partial charge in [-0.05, 0) is 36.6 Å². The molecule has 0 unspecified atom stereocenters. The molecule has 5 heterocycles. The molecule has 3 aromatic rings. The van der Waals surface area contributed by atoms with Crippen molar-refractivity contribution in [3.63, 3.8) is 0 Å². The lowest BCUT2D eigenvalue weighted by Gasteiger charge is -2.44. The molecule has 148 valence electrons. The van der Waals surface area contributed by atoms with Crippen molar-refractivity contribution in [3.05, 3.63) is 64.6 Å². The first kappa shape index (κ1) is 17.7. The average molecular weight is 391 g/mol. The van der Waals surface area contributed by atoms with E-state index in [4.69, 9.17) is 0 Å². The van der Waals surface area contributed by atoms with Crippen LogP contribution in [0.3, 0.4) is 0 Å². The van der Waals surface area contributed by atoms with Crippen LogP contribution in [-0.2, 0) is 13.6 Å². The summed E-state index contributed by atoms with van der Waals surface area (Å²) in [6.45, 7) is 2.20. The van der Waals surface area contributed by atoms with E-state index in [1.165, 1.54) is 0 Å². The van der Waals surface area contributed by atoms with Gasteiger partial charge < -0.3 is 19.1 Å². The van der Waals surface area contributed by atoms with Crippen molar-refractivity contribution in [2.24, 2.45) is 13.0 Å². The number of carboxylic acid groups (broad SMARTS) is 1. The predicted octanol–water partition coefficient (Wildman–Crippen LogP) is 1.97. The van der Waals surface area contributed by atoms with Gasteiger partial charge in [0.2, 0.25) is 0 Å². The second-order valence-corrected chi connectivity index (χ2v) is 7.86. The summed E-state index contributed by atoms with van der Waals surface area (Å²) < 4.78 is 3.77. The first-order valence-electron chi connectivity index (χ1n) is 9.67. The Morgan fingerprint density at radius 2 is 2.00 bits per heavy atom. The molecule has 5 rings (SSSR count). The molecule has 8 nitrogen and oxygen atoms in total. The predicted molar refractivity (Wildman–Crippen MR) is 107 cm³/mol. The number of imidazole rings is 1. The van der Waals surface area contributed by atoms with Crippen molar-refractivity contribution in [1.29, 1.82) is 0 Å². The van der Waals surface area contributed by atoms with Crippen molar-refractivity contribution < 1.29 is 9.90 Å². The number of aryl methyl sites for hydroxylation is 1. The molecule has 1 fully saturated rings. The summed E-state index contributed by atoms with van der Waals surface area (Å²) in [6, 6.07) is 7.40. The average Bonchev–Trinajstić information content (AvgIpc) is 3.14. The number of aromatic carboxylic acids is 1. The number of hydrogen-bond acceptors (Lipinski definition) is 5. The highest BCUT2D eigenvalue weighted by Gasteiger charge is 2.35. The Morgan fingerprint density at radius 3 is 2.76 bits per heavy atom. The number of nitrogens with zero attached hydrogens (tertiary/aromatic N) is 5. The molecule has 0 saturated carbocycles. The maximum absolute atomic E-state index is 13.2. The van der Waals surface area contributed by atoms with Crippen LogP contribution in [-0.4, -0.2) is 43.3 Å². The maximum atomic E-state index is 13.2. The first-order chi connectivity index (χ1) is 14.0. The molecule has 0 amide bonds. The van der Waals surface area contributed by atoms with Crippen molar-refractivity contribution in [1.82, 2.24) is 19.1 Å². The van der Waals surface area contributed by atoms with E-state index in [0.29, 0.717) is 23.9 Å². The van der Waals surface area contributed by atoms with Gasteiger partial charge in [-0.1, -0.05) is 0 Å². The van der Waals surface area contributed by atoms with Gasteiger partial charge in [-0.3, -0.25) is 4.79 Å². The Kier molecular flexibility index (Phi) is 4.01. The van der Waals surface area contributed by atoms with E-state index < -0.39 is 5.97 Å². The van der Waals surface area contributed by atoms with Crippen LogP contribution in [0, 0.1) is 5.92 Å². The van der Waals surface area contributed by atoms with Gasteiger partial charge in [0.15, 0.2) is 0 Å². The number of aromatic nitrogens is 4. The standard InChI is InChI=1S/C21H21N5O3/c1-24-7-6-23-19(24)16-2-3-18-14-8-13(11-26(18)20(16)27)10-25(12-14)15-4-5-22-17(9-15)21(28)29/h2-7,9,13-14H,8,10-12H2,1H3,(H,28,29)/t13-,14+/m0/s1. The quantitative estimate of drug-likeness (QED) is 0.734. The maximum Gasteiger partial charge on any atom is 0.354 e. The molecule has 1 N–H and O–H groups in total. The minimum atomic E-state index is -1.03. The summed E-state index contributed by atoms with van der Waals surface area (Å²) in [6.07, 6.45) is 6.12. The van der Waals surface area contributed by atoms with E-state index in [1.54, 1.807) is 18.5 Å². The van der Waals surface area contributed by atoms with Crippen LogP contribution in [0.1, 0.15) is 28.5 Å². The number of anilines is 1. The van der Waals surface area contributed by atoms with E-state index in [0.717, 1.165) is 30.9 Å². The Balaban J connectivity index is 1.49. The Hall–Kier alpha value is -3.42.